The van der Waals surface area contributed by atoms with Crippen molar-refractivity contribution in [1.29, 1.82) is 0 Å². The molecular formula is C59H113NO4. The molecule has 0 aliphatic rings. The number of carbonyl (C=O) groups excluding carboxylic acids is 1. The number of hydrogen-bond acceptors (Lipinski definition) is 4. The highest BCUT2D eigenvalue weighted by Gasteiger charge is 2.26. The molecule has 0 rings (SSSR count). The molecule has 0 radical (unpaired) electrons. The summed E-state index contributed by atoms with van der Waals surface area (Å²) in [6.07, 6.45) is 70.3. The van der Waals surface area contributed by atoms with Crippen LogP contribution in [0.1, 0.15) is 309 Å². The molecule has 3 unspecified atom stereocenters. The van der Waals surface area contributed by atoms with Crippen LogP contribution in [0.2, 0.25) is 0 Å². The minimum atomic E-state index is -1.17. The summed E-state index contributed by atoms with van der Waals surface area (Å²) in [6.45, 7) is 4.19. The van der Waals surface area contributed by atoms with Crippen molar-refractivity contribution in [2.75, 3.05) is 6.61 Å². The molecule has 0 saturated carbocycles. The number of nitrogens with one attached hydrogen (secondary N) is 1. The van der Waals surface area contributed by atoms with E-state index in [4.69, 9.17) is 0 Å². The predicted octanol–water partition coefficient (Wildman–Crippen LogP) is 17.8. The molecule has 5 heteroatoms. The van der Waals surface area contributed by atoms with Crippen LogP contribution in [0.5, 0.6) is 0 Å². The largest absolute Gasteiger partial charge is 0.394 e. The third kappa shape index (κ3) is 48.5. The second kappa shape index (κ2) is 54.2. The van der Waals surface area contributed by atoms with Crippen molar-refractivity contribution in [1.82, 2.24) is 5.32 Å². The molecule has 0 spiro atoms. The first-order valence-electron chi connectivity index (χ1n) is 28.8. The van der Waals surface area contributed by atoms with Gasteiger partial charge >= 0.3 is 0 Å². The van der Waals surface area contributed by atoms with Crippen molar-refractivity contribution in [2.24, 2.45) is 0 Å². The van der Waals surface area contributed by atoms with Gasteiger partial charge in [0.15, 0.2) is 0 Å². The first kappa shape index (κ1) is 62.6. The minimum Gasteiger partial charge on any atom is -0.394 e. The van der Waals surface area contributed by atoms with E-state index < -0.39 is 18.2 Å². The Labute approximate surface area is 400 Å². The van der Waals surface area contributed by atoms with Gasteiger partial charge in [-0.05, 0) is 77.0 Å². The second-order valence-corrected chi connectivity index (χ2v) is 19.8. The number of aliphatic hydroxyl groups is 3. The molecule has 0 aromatic heterocycles. The molecule has 0 saturated heterocycles. The topological polar surface area (TPSA) is 89.8 Å². The first-order chi connectivity index (χ1) is 31.6. The number of rotatable bonds is 53. The van der Waals surface area contributed by atoms with E-state index in [0.717, 1.165) is 44.9 Å². The molecule has 0 aliphatic carbocycles. The lowest BCUT2D eigenvalue weighted by atomic mass is 10.0. The quantitative estimate of drug-likeness (QED) is 0.0362. The number of allylic oxidation sites excluding steroid dienone is 6. The summed E-state index contributed by atoms with van der Waals surface area (Å²) in [4.78, 5) is 12.5. The van der Waals surface area contributed by atoms with Gasteiger partial charge in [-0.1, -0.05) is 262 Å². The highest BCUT2D eigenvalue weighted by atomic mass is 16.3. The number of carbonyl (C=O) groups is 1. The van der Waals surface area contributed by atoms with E-state index in [9.17, 15) is 20.1 Å². The lowest BCUT2D eigenvalue weighted by molar-refractivity contribution is -0.124. The van der Waals surface area contributed by atoms with E-state index in [1.54, 1.807) is 0 Å². The Kier molecular flexibility index (Phi) is 53.0. The summed E-state index contributed by atoms with van der Waals surface area (Å²) in [5.41, 5.74) is 0. The predicted molar refractivity (Wildman–Crippen MR) is 282 cm³/mol. The molecule has 0 aliphatic heterocycles. The average Bonchev–Trinajstić information content (AvgIpc) is 3.30. The maximum atomic E-state index is 12.5. The van der Waals surface area contributed by atoms with Gasteiger partial charge in [0.25, 0.3) is 0 Å². The van der Waals surface area contributed by atoms with Gasteiger partial charge in [0.05, 0.1) is 18.8 Å². The van der Waals surface area contributed by atoms with E-state index in [0.29, 0.717) is 12.8 Å². The zero-order chi connectivity index (χ0) is 46.5. The highest BCUT2D eigenvalue weighted by Crippen LogP contribution is 2.17. The van der Waals surface area contributed by atoms with Gasteiger partial charge in [0.2, 0.25) is 5.91 Å². The molecule has 3 atom stereocenters. The molecule has 0 aromatic carbocycles. The Morgan fingerprint density at radius 3 is 0.953 bits per heavy atom. The lowest BCUT2D eigenvalue weighted by Gasteiger charge is -2.26. The standard InChI is InChI=1S/C59H113NO4/c1-3-5-7-9-11-13-15-17-19-21-23-24-25-26-27-28-29-30-31-32-33-34-35-36-38-40-42-44-46-48-50-52-54-58(63)60-56(55-61)59(64)57(62)53-51-49-47-45-43-41-39-37-22-20-18-16-14-12-10-8-6-4-2/h26-27,37,39,45,47,56-57,59,61-62,64H,3-25,28-36,38,40-44,46,48-55H2,1-2H3,(H,60,63)/b27-26-,39-37+,47-45+. The second-order valence-electron chi connectivity index (χ2n) is 19.8. The van der Waals surface area contributed by atoms with Gasteiger partial charge in [-0.2, -0.15) is 0 Å². The molecule has 1 amide bonds. The monoisotopic (exact) mass is 900 g/mol. The van der Waals surface area contributed by atoms with Crippen LogP contribution in [-0.2, 0) is 4.79 Å². The fourth-order valence-electron chi connectivity index (χ4n) is 9.00. The normalized spacial score (nSPS) is 13.5. The van der Waals surface area contributed by atoms with Crippen LogP contribution in [0.4, 0.5) is 0 Å². The van der Waals surface area contributed by atoms with Crippen LogP contribution in [0.3, 0.4) is 0 Å². The summed E-state index contributed by atoms with van der Waals surface area (Å²) >= 11 is 0. The maximum absolute atomic E-state index is 12.5. The highest BCUT2D eigenvalue weighted by molar-refractivity contribution is 5.76. The van der Waals surface area contributed by atoms with Gasteiger partial charge < -0.3 is 20.6 Å². The fourth-order valence-corrected chi connectivity index (χ4v) is 9.00. The zero-order valence-electron chi connectivity index (χ0n) is 43.2. The van der Waals surface area contributed by atoms with Gasteiger partial charge in [0.1, 0.15) is 6.10 Å². The lowest BCUT2D eigenvalue weighted by Crippen LogP contribution is -2.50. The Balaban J connectivity index is 3.53. The molecule has 5 nitrogen and oxygen atoms in total. The van der Waals surface area contributed by atoms with Crippen LogP contribution < -0.4 is 5.32 Å². The van der Waals surface area contributed by atoms with Crippen molar-refractivity contribution >= 4 is 5.91 Å². The summed E-state index contributed by atoms with van der Waals surface area (Å²) in [5, 5.41) is 33.7. The smallest absolute Gasteiger partial charge is 0.220 e. The van der Waals surface area contributed by atoms with Crippen LogP contribution in [0.25, 0.3) is 0 Å². The van der Waals surface area contributed by atoms with E-state index in [1.807, 2.05) is 0 Å². The number of amides is 1. The third-order valence-corrected chi connectivity index (χ3v) is 13.4. The molecule has 0 bridgehead atoms. The van der Waals surface area contributed by atoms with Gasteiger partial charge in [0, 0.05) is 6.42 Å². The summed E-state index contributed by atoms with van der Waals surface area (Å²) < 4.78 is 0. The molecular weight excluding hydrogens is 787 g/mol. The molecule has 0 heterocycles. The Morgan fingerprint density at radius 1 is 0.375 bits per heavy atom. The molecule has 0 aromatic rings. The van der Waals surface area contributed by atoms with Crippen LogP contribution in [0, 0.1) is 0 Å². The van der Waals surface area contributed by atoms with E-state index in [-0.39, 0.29) is 12.5 Å². The van der Waals surface area contributed by atoms with E-state index >= 15 is 0 Å². The summed E-state index contributed by atoms with van der Waals surface area (Å²) in [6, 6.07) is -0.832. The SMILES string of the molecule is CCCCCCCCCCC/C=C/CC/C=C/CCCC(O)C(O)C(CO)NC(=O)CCCCCCCCCCCCCCCCCC/C=C\CCCCCCCCCCCCCC. The van der Waals surface area contributed by atoms with Crippen LogP contribution in [0.15, 0.2) is 36.5 Å². The Bertz CT molecular complexity index is 993. The van der Waals surface area contributed by atoms with Crippen molar-refractivity contribution in [2.45, 2.75) is 327 Å². The van der Waals surface area contributed by atoms with Crippen LogP contribution >= 0.6 is 0 Å². The molecule has 64 heavy (non-hydrogen) atoms. The maximum Gasteiger partial charge on any atom is 0.220 e. The average molecular weight is 901 g/mol. The van der Waals surface area contributed by atoms with Crippen molar-refractivity contribution in [3.05, 3.63) is 36.5 Å². The molecule has 0 fully saturated rings. The molecule has 378 valence electrons. The van der Waals surface area contributed by atoms with Gasteiger partial charge in [-0.15, -0.1) is 0 Å². The van der Waals surface area contributed by atoms with Crippen LogP contribution in [-0.4, -0.2) is 46.1 Å². The van der Waals surface area contributed by atoms with Gasteiger partial charge in [-0.25, -0.2) is 0 Å². The van der Waals surface area contributed by atoms with E-state index in [2.05, 4.69) is 55.6 Å². The van der Waals surface area contributed by atoms with E-state index in [1.165, 1.54) is 238 Å². The Morgan fingerprint density at radius 2 is 0.641 bits per heavy atom. The number of aliphatic hydroxyl groups excluding tert-OH is 3. The van der Waals surface area contributed by atoms with Gasteiger partial charge in [-0.3, -0.25) is 4.79 Å². The molecule has 4 N–H and O–H groups in total. The third-order valence-electron chi connectivity index (χ3n) is 13.4. The fraction of sp³-hybridized carbons (Fsp3) is 0.881. The van der Waals surface area contributed by atoms with Crippen molar-refractivity contribution in [3.63, 3.8) is 0 Å². The number of hydrogen-bond donors (Lipinski definition) is 4. The Hall–Kier alpha value is -1.43. The number of unbranched alkanes of at least 4 members (excludes halogenated alkanes) is 39. The summed E-state index contributed by atoms with van der Waals surface area (Å²) in [5.74, 6) is -0.154. The minimum absolute atomic E-state index is 0.154. The zero-order valence-corrected chi connectivity index (χ0v) is 43.2. The van der Waals surface area contributed by atoms with Crippen molar-refractivity contribution < 1.29 is 20.1 Å². The van der Waals surface area contributed by atoms with Crippen molar-refractivity contribution in [3.8, 4) is 0 Å². The summed E-state index contributed by atoms with van der Waals surface area (Å²) in [7, 11) is 0. The first-order valence-corrected chi connectivity index (χ1v) is 28.8.